The Balaban J connectivity index is 1.79. The van der Waals surface area contributed by atoms with E-state index >= 15 is 0 Å². The van der Waals surface area contributed by atoms with E-state index in [1.54, 1.807) is 0 Å². The number of methoxy groups -OCH3 is 2. The molecule has 2 aliphatic carbocycles. The molecule has 1 unspecified atom stereocenters. The second-order valence-electron chi connectivity index (χ2n) is 8.46. The van der Waals surface area contributed by atoms with Gasteiger partial charge >= 0.3 is 12.1 Å². The molecule has 150 valence electrons. The van der Waals surface area contributed by atoms with E-state index in [9.17, 15) is 9.59 Å². The van der Waals surface area contributed by atoms with Crippen LogP contribution in [0.25, 0.3) is 11.0 Å². The molecule has 1 heterocycles. The second-order valence-corrected chi connectivity index (χ2v) is 8.46. The monoisotopic (exact) mass is 385 g/mol. The SMILES string of the molecule is COC(=O)Nc1nc2c3c(ccc2[nH]1)[C@@]1(C)CCC[C@@](C)(C(=O)OC)C1CC3. The first-order valence-electron chi connectivity index (χ1n) is 9.79. The lowest BCUT2D eigenvalue weighted by Crippen LogP contribution is -2.52. The maximum atomic E-state index is 12.7. The van der Waals surface area contributed by atoms with Gasteiger partial charge in [-0.25, -0.2) is 9.78 Å². The van der Waals surface area contributed by atoms with Gasteiger partial charge in [0, 0.05) is 0 Å². The Morgan fingerprint density at radius 3 is 2.71 bits per heavy atom. The number of benzene rings is 1. The number of esters is 1. The van der Waals surface area contributed by atoms with Crippen molar-refractivity contribution in [1.29, 1.82) is 0 Å². The smallest absolute Gasteiger partial charge is 0.413 e. The van der Waals surface area contributed by atoms with Crippen LogP contribution in [0.5, 0.6) is 0 Å². The summed E-state index contributed by atoms with van der Waals surface area (Å²) in [6.45, 7) is 4.35. The third kappa shape index (κ3) is 2.59. The lowest BCUT2D eigenvalue weighted by Gasteiger charge is -2.54. The van der Waals surface area contributed by atoms with E-state index in [2.05, 4.69) is 39.9 Å². The number of carbonyl (C=O) groups excluding carboxylic acids is 2. The fourth-order valence-corrected chi connectivity index (χ4v) is 5.73. The van der Waals surface area contributed by atoms with Gasteiger partial charge in [-0.15, -0.1) is 0 Å². The third-order valence-electron chi connectivity index (χ3n) is 7.05. The van der Waals surface area contributed by atoms with E-state index in [-0.39, 0.29) is 17.3 Å². The molecule has 1 amide bonds. The van der Waals surface area contributed by atoms with Crippen LogP contribution in [0.4, 0.5) is 10.7 Å². The van der Waals surface area contributed by atoms with E-state index in [1.165, 1.54) is 25.3 Å². The fourth-order valence-electron chi connectivity index (χ4n) is 5.73. The molecular formula is C21H27N3O4. The van der Waals surface area contributed by atoms with Crippen LogP contribution in [0.1, 0.15) is 50.7 Å². The van der Waals surface area contributed by atoms with Crippen LogP contribution in [0.2, 0.25) is 0 Å². The summed E-state index contributed by atoms with van der Waals surface area (Å²) in [7, 11) is 2.81. The summed E-state index contributed by atoms with van der Waals surface area (Å²) < 4.78 is 9.84. The summed E-state index contributed by atoms with van der Waals surface area (Å²) in [6.07, 6.45) is 4.11. The van der Waals surface area contributed by atoms with Crippen molar-refractivity contribution in [2.45, 2.75) is 51.4 Å². The number of hydrogen-bond donors (Lipinski definition) is 2. The van der Waals surface area contributed by atoms with Crippen LogP contribution in [0.3, 0.4) is 0 Å². The highest BCUT2D eigenvalue weighted by Crippen LogP contribution is 2.58. The van der Waals surface area contributed by atoms with Gasteiger partial charge in [-0.05, 0) is 61.1 Å². The summed E-state index contributed by atoms with van der Waals surface area (Å²) in [5, 5.41) is 2.60. The lowest BCUT2D eigenvalue weighted by molar-refractivity contribution is -0.161. The number of carbonyl (C=O) groups is 2. The number of ether oxygens (including phenoxy) is 2. The molecule has 28 heavy (non-hydrogen) atoms. The summed E-state index contributed by atoms with van der Waals surface area (Å²) in [6, 6.07) is 4.17. The number of rotatable bonds is 2. The Hall–Kier alpha value is -2.57. The molecule has 0 saturated heterocycles. The van der Waals surface area contributed by atoms with Gasteiger partial charge in [0.1, 0.15) is 0 Å². The Morgan fingerprint density at radius 2 is 2.00 bits per heavy atom. The number of aromatic amines is 1. The summed E-state index contributed by atoms with van der Waals surface area (Å²) in [4.78, 5) is 31.9. The Kier molecular flexibility index (Phi) is 4.36. The predicted molar refractivity (Wildman–Crippen MR) is 105 cm³/mol. The van der Waals surface area contributed by atoms with Gasteiger partial charge in [0.05, 0.1) is 30.7 Å². The van der Waals surface area contributed by atoms with E-state index in [1.807, 2.05) is 6.07 Å². The standard InChI is InChI=1S/C21H27N3O4/c1-20-10-5-11-21(2,17(25)27-3)15(20)9-6-12-13(20)7-8-14-16(12)23-18(22-14)24-19(26)28-4/h7-8,15H,5-6,9-11H2,1-4H3,(H2,22,23,24,26)/t15?,20-,21-/m1/s1. The molecule has 1 fully saturated rings. The molecule has 0 radical (unpaired) electrons. The van der Waals surface area contributed by atoms with Crippen molar-refractivity contribution in [2.75, 3.05) is 19.5 Å². The van der Waals surface area contributed by atoms with Crippen LogP contribution < -0.4 is 5.32 Å². The normalized spacial score (nSPS) is 28.9. The minimum Gasteiger partial charge on any atom is -0.469 e. The van der Waals surface area contributed by atoms with E-state index < -0.39 is 11.5 Å². The quantitative estimate of drug-likeness (QED) is 0.764. The average molecular weight is 385 g/mol. The van der Waals surface area contributed by atoms with E-state index in [4.69, 9.17) is 4.74 Å². The van der Waals surface area contributed by atoms with Crippen molar-refractivity contribution in [3.63, 3.8) is 0 Å². The first-order chi connectivity index (χ1) is 13.3. The number of nitrogens with one attached hydrogen (secondary N) is 2. The number of anilines is 1. The molecule has 2 aromatic rings. The number of aryl methyl sites for hydroxylation is 1. The minimum atomic E-state index is -0.555. The van der Waals surface area contributed by atoms with Crippen LogP contribution in [0, 0.1) is 11.3 Å². The first kappa shape index (κ1) is 18.8. The number of H-pyrrole nitrogens is 1. The number of amides is 1. The number of aromatic nitrogens is 2. The molecule has 7 nitrogen and oxygen atoms in total. The number of nitrogens with zero attached hydrogens (tertiary/aromatic N) is 1. The van der Waals surface area contributed by atoms with Crippen LogP contribution in [-0.4, -0.2) is 36.3 Å². The highest BCUT2D eigenvalue weighted by molar-refractivity contribution is 5.88. The zero-order valence-electron chi connectivity index (χ0n) is 16.8. The molecule has 0 spiro atoms. The highest BCUT2D eigenvalue weighted by atomic mass is 16.5. The largest absolute Gasteiger partial charge is 0.469 e. The molecule has 1 aromatic carbocycles. The van der Waals surface area contributed by atoms with Gasteiger partial charge in [0.15, 0.2) is 0 Å². The van der Waals surface area contributed by atoms with Gasteiger partial charge in [0.25, 0.3) is 0 Å². The molecule has 1 saturated carbocycles. The second kappa shape index (κ2) is 6.50. The topological polar surface area (TPSA) is 93.3 Å². The molecule has 2 aliphatic rings. The Morgan fingerprint density at radius 1 is 1.21 bits per heavy atom. The van der Waals surface area contributed by atoms with Crippen LogP contribution >= 0.6 is 0 Å². The van der Waals surface area contributed by atoms with Crippen molar-refractivity contribution < 1.29 is 19.1 Å². The molecule has 2 N–H and O–H groups in total. The van der Waals surface area contributed by atoms with E-state index in [0.717, 1.165) is 43.1 Å². The number of imidazole rings is 1. The van der Waals surface area contributed by atoms with Crippen molar-refractivity contribution in [2.24, 2.45) is 11.3 Å². The Labute approximate surface area is 164 Å². The van der Waals surface area contributed by atoms with Crippen LogP contribution in [-0.2, 0) is 26.1 Å². The summed E-state index contributed by atoms with van der Waals surface area (Å²) in [5.41, 5.74) is 3.68. The number of hydrogen-bond acceptors (Lipinski definition) is 5. The van der Waals surface area contributed by atoms with Gasteiger partial charge in [-0.1, -0.05) is 19.4 Å². The highest BCUT2D eigenvalue weighted by Gasteiger charge is 2.55. The predicted octanol–water partition coefficient (Wildman–Crippen LogP) is 3.92. The first-order valence-corrected chi connectivity index (χ1v) is 9.79. The number of fused-ring (bicyclic) bond motifs is 5. The molecule has 0 bridgehead atoms. The van der Waals surface area contributed by atoms with Crippen LogP contribution in [0.15, 0.2) is 12.1 Å². The zero-order chi connectivity index (χ0) is 20.1. The van der Waals surface area contributed by atoms with Gasteiger partial charge in [0.2, 0.25) is 5.95 Å². The zero-order valence-corrected chi connectivity index (χ0v) is 16.8. The summed E-state index contributed by atoms with van der Waals surface area (Å²) >= 11 is 0. The van der Waals surface area contributed by atoms with Gasteiger partial charge < -0.3 is 14.5 Å². The summed E-state index contributed by atoms with van der Waals surface area (Å²) in [5.74, 6) is 0.514. The average Bonchev–Trinajstić information content (AvgIpc) is 3.09. The lowest BCUT2D eigenvalue weighted by atomic mass is 9.50. The van der Waals surface area contributed by atoms with Crippen molar-refractivity contribution in [1.82, 2.24) is 9.97 Å². The molecule has 3 atom stereocenters. The molecule has 0 aliphatic heterocycles. The van der Waals surface area contributed by atoms with Gasteiger partial charge in [-0.3, -0.25) is 10.1 Å². The Bertz CT molecular complexity index is 953. The molecule has 4 rings (SSSR count). The molecule has 1 aromatic heterocycles. The maximum Gasteiger partial charge on any atom is 0.413 e. The maximum absolute atomic E-state index is 12.7. The van der Waals surface area contributed by atoms with Crippen molar-refractivity contribution >= 4 is 29.0 Å². The van der Waals surface area contributed by atoms with Crippen molar-refractivity contribution in [3.05, 3.63) is 23.3 Å². The minimum absolute atomic E-state index is 0.0994. The van der Waals surface area contributed by atoms with Gasteiger partial charge in [-0.2, -0.15) is 0 Å². The molecular weight excluding hydrogens is 358 g/mol. The molecule has 7 heteroatoms. The third-order valence-corrected chi connectivity index (χ3v) is 7.05. The fraction of sp³-hybridized carbons (Fsp3) is 0.571. The van der Waals surface area contributed by atoms with Crippen molar-refractivity contribution in [3.8, 4) is 0 Å². The van der Waals surface area contributed by atoms with E-state index in [0.29, 0.717) is 5.95 Å².